The first-order valence-electron chi connectivity index (χ1n) is 11.6. The van der Waals surface area contributed by atoms with Crippen LogP contribution in [0.15, 0.2) is 12.7 Å². The van der Waals surface area contributed by atoms with Crippen LogP contribution < -0.4 is 0 Å². The first-order valence-corrected chi connectivity index (χ1v) is 18.4. The van der Waals surface area contributed by atoms with E-state index < -0.39 is 16.6 Å². The number of hydrogen-bond acceptors (Lipinski definition) is 4. The van der Waals surface area contributed by atoms with Gasteiger partial charge in [-0.05, 0) is 77.8 Å². The number of ether oxygens (including phenoxy) is 1. The van der Waals surface area contributed by atoms with E-state index in [-0.39, 0.29) is 24.1 Å². The molecule has 0 aliphatic carbocycles. The molecule has 0 aromatic rings. The summed E-state index contributed by atoms with van der Waals surface area (Å²) < 4.78 is 18.2. The molecule has 0 spiro atoms. The molecule has 0 aromatic heterocycles. The molecule has 1 heterocycles. The van der Waals surface area contributed by atoms with Gasteiger partial charge in [0, 0.05) is 0 Å². The minimum Gasteiger partial charge on any atom is -0.462 e. The van der Waals surface area contributed by atoms with Crippen molar-refractivity contribution in [1.82, 2.24) is 0 Å². The SMILES string of the molecule is C=CCCCCCCCCC1CC(CC(CO[Si](C)(C)C)O[Si](C)(C)C)C(=O)O1. The zero-order chi connectivity index (χ0) is 21.9. The summed E-state index contributed by atoms with van der Waals surface area (Å²) in [6, 6.07) is 0. The second-order valence-corrected chi connectivity index (χ2v) is 19.5. The normalized spacial score (nSPS) is 21.2. The van der Waals surface area contributed by atoms with Crippen molar-refractivity contribution < 1.29 is 18.4 Å². The Morgan fingerprint density at radius 2 is 1.66 bits per heavy atom. The van der Waals surface area contributed by atoms with Crippen molar-refractivity contribution in [2.75, 3.05) is 6.61 Å². The monoisotopic (exact) mass is 442 g/mol. The van der Waals surface area contributed by atoms with E-state index in [1.807, 2.05) is 6.08 Å². The Balaban J connectivity index is 2.36. The lowest BCUT2D eigenvalue weighted by Gasteiger charge is -2.30. The van der Waals surface area contributed by atoms with Gasteiger partial charge in [-0.15, -0.1) is 6.58 Å². The number of rotatable bonds is 16. The van der Waals surface area contributed by atoms with Crippen molar-refractivity contribution in [2.45, 2.75) is 116 Å². The van der Waals surface area contributed by atoms with E-state index in [1.54, 1.807) is 0 Å². The first kappa shape index (κ1) is 26.6. The largest absolute Gasteiger partial charge is 0.462 e. The number of allylic oxidation sites excluding steroid dienone is 1. The highest BCUT2D eigenvalue weighted by atomic mass is 28.4. The molecule has 0 aromatic carbocycles. The van der Waals surface area contributed by atoms with Gasteiger partial charge in [-0.1, -0.05) is 31.8 Å². The Labute approximate surface area is 182 Å². The van der Waals surface area contributed by atoms with Crippen LogP contribution in [0.1, 0.15) is 64.2 Å². The van der Waals surface area contributed by atoms with Gasteiger partial charge in [0.05, 0.1) is 18.6 Å². The maximum Gasteiger partial charge on any atom is 0.309 e. The van der Waals surface area contributed by atoms with E-state index in [0.29, 0.717) is 6.61 Å². The minimum absolute atomic E-state index is 0.000238. The summed E-state index contributed by atoms with van der Waals surface area (Å²) in [5, 5.41) is 0. The van der Waals surface area contributed by atoms with E-state index in [0.717, 1.165) is 32.1 Å². The molecule has 6 heteroatoms. The molecule has 3 atom stereocenters. The second-order valence-electron chi connectivity index (χ2n) is 10.5. The van der Waals surface area contributed by atoms with Gasteiger partial charge < -0.3 is 13.6 Å². The first-order chi connectivity index (χ1) is 13.5. The molecule has 1 saturated heterocycles. The van der Waals surface area contributed by atoms with E-state index in [4.69, 9.17) is 13.6 Å². The summed E-state index contributed by atoms with van der Waals surface area (Å²) in [4.78, 5) is 12.4. The third-order valence-electron chi connectivity index (χ3n) is 5.12. The molecule has 0 saturated carbocycles. The topological polar surface area (TPSA) is 44.8 Å². The van der Waals surface area contributed by atoms with Crippen molar-refractivity contribution >= 4 is 22.6 Å². The summed E-state index contributed by atoms with van der Waals surface area (Å²) in [5.41, 5.74) is 0. The molecule has 170 valence electrons. The summed E-state index contributed by atoms with van der Waals surface area (Å²) in [6.45, 7) is 17.5. The van der Waals surface area contributed by atoms with Gasteiger partial charge in [-0.2, -0.15) is 0 Å². The zero-order valence-corrected chi connectivity index (χ0v) is 21.9. The van der Waals surface area contributed by atoms with E-state index in [1.165, 1.54) is 32.1 Å². The Morgan fingerprint density at radius 3 is 2.24 bits per heavy atom. The number of unbranched alkanes of at least 4 members (excludes halogenated alkanes) is 6. The molecule has 1 aliphatic rings. The fourth-order valence-corrected chi connectivity index (χ4v) is 5.62. The van der Waals surface area contributed by atoms with Crippen LogP contribution in [0.2, 0.25) is 39.3 Å². The fourth-order valence-electron chi connectivity index (χ4n) is 3.77. The van der Waals surface area contributed by atoms with Gasteiger partial charge in [0.15, 0.2) is 16.6 Å². The number of hydrogen-bond donors (Lipinski definition) is 0. The Bertz CT molecular complexity index is 482. The molecule has 1 aliphatic heterocycles. The summed E-state index contributed by atoms with van der Waals surface area (Å²) in [5.74, 6) is -0.0675. The standard InChI is InChI=1S/C23H46O4Si2/c1-8-9-10-11-12-13-14-15-16-21-17-20(23(24)26-21)18-22(27-29(5,6)7)19-25-28(2,3)4/h8,20-22H,1,9-19H2,2-7H3. The van der Waals surface area contributed by atoms with Gasteiger partial charge in [-0.3, -0.25) is 4.79 Å². The number of carbonyl (C=O) groups is 1. The van der Waals surface area contributed by atoms with Crippen LogP contribution in [-0.4, -0.2) is 41.4 Å². The molecule has 29 heavy (non-hydrogen) atoms. The summed E-state index contributed by atoms with van der Waals surface area (Å²) in [6.07, 6.45) is 13.3. The highest BCUT2D eigenvalue weighted by Crippen LogP contribution is 2.30. The predicted octanol–water partition coefficient (Wildman–Crippen LogP) is 6.69. The van der Waals surface area contributed by atoms with Crippen molar-refractivity contribution in [3.05, 3.63) is 12.7 Å². The number of cyclic esters (lactones) is 1. The Kier molecular flexibility index (Phi) is 12.0. The second kappa shape index (κ2) is 13.1. The maximum absolute atomic E-state index is 12.4. The lowest BCUT2D eigenvalue weighted by atomic mass is 9.96. The van der Waals surface area contributed by atoms with Crippen LogP contribution in [0.4, 0.5) is 0 Å². The average molecular weight is 443 g/mol. The molecule has 0 bridgehead atoms. The van der Waals surface area contributed by atoms with Gasteiger partial charge in [0.2, 0.25) is 0 Å². The van der Waals surface area contributed by atoms with Gasteiger partial charge in [0.1, 0.15) is 6.10 Å². The Hall–Kier alpha value is -0.436. The van der Waals surface area contributed by atoms with Crippen LogP contribution in [0.5, 0.6) is 0 Å². The quantitative estimate of drug-likeness (QED) is 0.116. The maximum atomic E-state index is 12.4. The molecule has 0 N–H and O–H groups in total. The summed E-state index contributed by atoms with van der Waals surface area (Å²) in [7, 11) is -3.30. The third-order valence-corrected chi connectivity index (χ3v) is 7.19. The number of carbonyl (C=O) groups excluding carboxylic acids is 1. The average Bonchev–Trinajstić information content (AvgIpc) is 2.93. The zero-order valence-electron chi connectivity index (χ0n) is 19.9. The molecule has 3 unspecified atom stereocenters. The molecular formula is C23H46O4Si2. The lowest BCUT2D eigenvalue weighted by Crippen LogP contribution is -2.39. The van der Waals surface area contributed by atoms with E-state index in [9.17, 15) is 4.79 Å². The molecule has 0 radical (unpaired) electrons. The smallest absolute Gasteiger partial charge is 0.309 e. The molecule has 4 nitrogen and oxygen atoms in total. The van der Waals surface area contributed by atoms with Crippen molar-refractivity contribution in [2.24, 2.45) is 5.92 Å². The van der Waals surface area contributed by atoms with Gasteiger partial charge in [-0.25, -0.2) is 0 Å². The summed E-state index contributed by atoms with van der Waals surface area (Å²) >= 11 is 0. The third kappa shape index (κ3) is 13.5. The predicted molar refractivity (Wildman–Crippen MR) is 127 cm³/mol. The van der Waals surface area contributed by atoms with Gasteiger partial charge >= 0.3 is 5.97 Å². The molecule has 1 fully saturated rings. The van der Waals surface area contributed by atoms with Crippen LogP contribution in [0.25, 0.3) is 0 Å². The van der Waals surface area contributed by atoms with Crippen LogP contribution >= 0.6 is 0 Å². The number of esters is 1. The van der Waals surface area contributed by atoms with Crippen molar-refractivity contribution in [3.8, 4) is 0 Å². The highest BCUT2D eigenvalue weighted by Gasteiger charge is 2.37. The molecule has 1 rings (SSSR count). The Morgan fingerprint density at radius 1 is 1.03 bits per heavy atom. The highest BCUT2D eigenvalue weighted by molar-refractivity contribution is 6.70. The van der Waals surface area contributed by atoms with Gasteiger partial charge in [0.25, 0.3) is 0 Å². The van der Waals surface area contributed by atoms with Crippen molar-refractivity contribution in [3.63, 3.8) is 0 Å². The lowest BCUT2D eigenvalue weighted by molar-refractivity contribution is -0.145. The van der Waals surface area contributed by atoms with Crippen LogP contribution in [-0.2, 0) is 18.4 Å². The van der Waals surface area contributed by atoms with E-state index >= 15 is 0 Å². The van der Waals surface area contributed by atoms with Crippen LogP contribution in [0, 0.1) is 5.92 Å². The van der Waals surface area contributed by atoms with Crippen LogP contribution in [0.3, 0.4) is 0 Å². The van der Waals surface area contributed by atoms with E-state index in [2.05, 4.69) is 45.9 Å². The van der Waals surface area contributed by atoms with Crippen molar-refractivity contribution in [1.29, 1.82) is 0 Å². The molecule has 0 amide bonds. The molecular weight excluding hydrogens is 396 g/mol. The fraction of sp³-hybridized carbons (Fsp3) is 0.870. The minimum atomic E-state index is -1.69.